The molecule has 0 unspecified atom stereocenters. The number of pyridine rings is 1. The maximum atomic E-state index is 12.2. The average Bonchev–Trinajstić information content (AvgIpc) is 2.47. The van der Waals surface area contributed by atoms with Crippen LogP contribution in [0, 0.1) is 0 Å². The molecule has 1 heterocycles. The molecule has 2 rings (SSSR count). The third kappa shape index (κ3) is 4.34. The fourth-order valence-electron chi connectivity index (χ4n) is 1.79. The van der Waals surface area contributed by atoms with Crippen LogP contribution in [0.5, 0.6) is 0 Å². The highest BCUT2D eigenvalue weighted by Crippen LogP contribution is 2.17. The maximum absolute atomic E-state index is 12.2. The van der Waals surface area contributed by atoms with E-state index in [0.717, 1.165) is 12.1 Å². The second-order valence-corrected chi connectivity index (χ2v) is 5.21. The molecule has 2 aromatic rings. The van der Waals surface area contributed by atoms with Crippen molar-refractivity contribution in [3.05, 3.63) is 57.7 Å². The average molecular weight is 324 g/mol. The molecule has 110 valence electrons. The maximum Gasteiger partial charge on any atom is 0.271 e. The number of hydrogen-bond donors (Lipinski definition) is 2. The summed E-state index contributed by atoms with van der Waals surface area (Å²) in [5.74, 6) is 0.300. The molecule has 21 heavy (non-hydrogen) atoms. The number of aromatic nitrogens is 1. The Bertz CT molecular complexity index is 647. The van der Waals surface area contributed by atoms with Gasteiger partial charge < -0.3 is 10.6 Å². The van der Waals surface area contributed by atoms with E-state index >= 15 is 0 Å². The molecule has 0 spiro atoms. The Morgan fingerprint density at radius 3 is 2.76 bits per heavy atom. The molecule has 0 aliphatic rings. The summed E-state index contributed by atoms with van der Waals surface area (Å²) in [5, 5.41) is 6.78. The van der Waals surface area contributed by atoms with Gasteiger partial charge in [0.05, 0.1) is 5.02 Å². The monoisotopic (exact) mass is 323 g/mol. The van der Waals surface area contributed by atoms with Gasteiger partial charge in [0, 0.05) is 18.1 Å². The number of carbonyl (C=O) groups excluding carboxylic acids is 1. The van der Waals surface area contributed by atoms with Gasteiger partial charge in [-0.2, -0.15) is 0 Å². The number of halogens is 2. The van der Waals surface area contributed by atoms with Gasteiger partial charge >= 0.3 is 0 Å². The molecule has 1 aromatic heterocycles. The first-order valence-electron chi connectivity index (χ1n) is 6.53. The summed E-state index contributed by atoms with van der Waals surface area (Å²) in [5.41, 5.74) is 1.12. The number of rotatable bonds is 5. The Balaban J connectivity index is 2.07. The topological polar surface area (TPSA) is 54.0 Å². The third-order valence-corrected chi connectivity index (χ3v) is 3.30. The summed E-state index contributed by atoms with van der Waals surface area (Å²) in [4.78, 5) is 16.4. The Hall–Kier alpha value is -1.78. The van der Waals surface area contributed by atoms with E-state index in [1.165, 1.54) is 0 Å². The van der Waals surface area contributed by atoms with Crippen molar-refractivity contribution >= 4 is 34.9 Å². The summed E-state index contributed by atoms with van der Waals surface area (Å²) in [7, 11) is 0. The van der Waals surface area contributed by atoms with Crippen molar-refractivity contribution in [2.45, 2.75) is 13.5 Å². The molecule has 0 aliphatic heterocycles. The molecule has 0 atom stereocenters. The van der Waals surface area contributed by atoms with Crippen molar-refractivity contribution in [1.29, 1.82) is 0 Å². The van der Waals surface area contributed by atoms with Gasteiger partial charge in [-0.15, -0.1) is 0 Å². The van der Waals surface area contributed by atoms with E-state index in [4.69, 9.17) is 23.2 Å². The zero-order chi connectivity index (χ0) is 15.2. The number of carbonyl (C=O) groups is 1. The van der Waals surface area contributed by atoms with Crippen LogP contribution in [0.2, 0.25) is 10.0 Å². The lowest BCUT2D eigenvalue weighted by Gasteiger charge is -2.09. The molecule has 2 N–H and O–H groups in total. The van der Waals surface area contributed by atoms with Crippen molar-refractivity contribution in [3.8, 4) is 0 Å². The molecule has 0 saturated carbocycles. The van der Waals surface area contributed by atoms with Crippen LogP contribution in [0.3, 0.4) is 0 Å². The molecular weight excluding hydrogens is 309 g/mol. The van der Waals surface area contributed by atoms with Crippen LogP contribution in [0.1, 0.15) is 23.0 Å². The fraction of sp³-hybridized carbons (Fsp3) is 0.200. The van der Waals surface area contributed by atoms with Crippen molar-refractivity contribution in [2.24, 2.45) is 0 Å². The number of anilines is 1. The van der Waals surface area contributed by atoms with E-state index in [2.05, 4.69) is 15.6 Å². The Morgan fingerprint density at radius 2 is 2.05 bits per heavy atom. The first kappa shape index (κ1) is 15.6. The largest absolute Gasteiger partial charge is 0.370 e. The van der Waals surface area contributed by atoms with E-state index < -0.39 is 0 Å². The lowest BCUT2D eigenvalue weighted by atomic mass is 10.2. The molecule has 6 heteroatoms. The van der Waals surface area contributed by atoms with Crippen molar-refractivity contribution in [2.75, 3.05) is 11.9 Å². The predicted molar refractivity (Wildman–Crippen MR) is 86.0 cm³/mol. The summed E-state index contributed by atoms with van der Waals surface area (Å²) in [6.45, 7) is 3.04. The van der Waals surface area contributed by atoms with E-state index in [0.29, 0.717) is 22.4 Å². The summed E-state index contributed by atoms with van der Waals surface area (Å²) in [6.07, 6.45) is 0. The number of nitrogens with one attached hydrogen (secondary N) is 2. The van der Waals surface area contributed by atoms with Gasteiger partial charge in [-0.05, 0) is 36.8 Å². The van der Waals surface area contributed by atoms with Gasteiger partial charge in [0.2, 0.25) is 0 Å². The van der Waals surface area contributed by atoms with Gasteiger partial charge in [0.1, 0.15) is 11.5 Å². The van der Waals surface area contributed by atoms with Gasteiger partial charge in [0.25, 0.3) is 5.91 Å². The van der Waals surface area contributed by atoms with Gasteiger partial charge in [-0.3, -0.25) is 4.79 Å². The summed E-state index contributed by atoms with van der Waals surface area (Å²) in [6, 6.07) is 10.7. The number of hydrogen-bond acceptors (Lipinski definition) is 3. The second-order valence-electron chi connectivity index (χ2n) is 4.37. The van der Waals surface area contributed by atoms with Crippen molar-refractivity contribution in [1.82, 2.24) is 10.3 Å². The quantitative estimate of drug-likeness (QED) is 0.881. The summed E-state index contributed by atoms with van der Waals surface area (Å²) < 4.78 is 0. The highest BCUT2D eigenvalue weighted by atomic mass is 35.5. The van der Waals surface area contributed by atoms with E-state index in [-0.39, 0.29) is 11.6 Å². The minimum atomic E-state index is -0.320. The van der Waals surface area contributed by atoms with Gasteiger partial charge in [0.15, 0.2) is 0 Å². The molecule has 0 fully saturated rings. The van der Waals surface area contributed by atoms with E-state index in [1.54, 1.807) is 24.3 Å². The van der Waals surface area contributed by atoms with E-state index in [1.807, 2.05) is 19.1 Å². The second kappa shape index (κ2) is 7.29. The predicted octanol–water partition coefficient (Wildman–Crippen LogP) is 3.75. The molecule has 4 nitrogen and oxygen atoms in total. The molecule has 0 radical (unpaired) electrons. The minimum absolute atomic E-state index is 0.206. The van der Waals surface area contributed by atoms with E-state index in [9.17, 15) is 4.79 Å². The van der Waals surface area contributed by atoms with Crippen molar-refractivity contribution < 1.29 is 4.79 Å². The lowest BCUT2D eigenvalue weighted by molar-refractivity contribution is 0.0946. The smallest absolute Gasteiger partial charge is 0.271 e. The fourth-order valence-corrected chi connectivity index (χ4v) is 2.20. The van der Waals surface area contributed by atoms with Crippen LogP contribution in [0.15, 0.2) is 36.4 Å². The Morgan fingerprint density at radius 1 is 1.24 bits per heavy atom. The number of amides is 1. The van der Waals surface area contributed by atoms with Crippen LogP contribution in [-0.4, -0.2) is 17.4 Å². The van der Waals surface area contributed by atoms with Crippen LogP contribution in [-0.2, 0) is 6.54 Å². The highest BCUT2D eigenvalue weighted by Gasteiger charge is 2.13. The van der Waals surface area contributed by atoms with Crippen LogP contribution in [0.4, 0.5) is 5.82 Å². The third-order valence-electron chi connectivity index (χ3n) is 2.76. The SMILES string of the molecule is CCNc1ccc(Cl)c(C(=O)NCc2cccc(Cl)c2)n1. The standard InChI is InChI=1S/C15H15Cl2N3O/c1-2-18-13-7-6-12(17)14(20-13)15(21)19-9-10-4-3-5-11(16)8-10/h3-8H,2,9H2,1H3,(H,18,20)(H,19,21). The van der Waals surface area contributed by atoms with Crippen LogP contribution in [0.25, 0.3) is 0 Å². The molecule has 0 bridgehead atoms. The lowest BCUT2D eigenvalue weighted by Crippen LogP contribution is -2.24. The van der Waals surface area contributed by atoms with Gasteiger partial charge in [-0.25, -0.2) is 4.98 Å². The Kier molecular flexibility index (Phi) is 5.42. The normalized spacial score (nSPS) is 10.2. The molecular formula is C15H15Cl2N3O. The zero-order valence-electron chi connectivity index (χ0n) is 11.5. The van der Waals surface area contributed by atoms with Crippen LogP contribution >= 0.6 is 23.2 Å². The van der Waals surface area contributed by atoms with Crippen molar-refractivity contribution in [3.63, 3.8) is 0 Å². The first-order chi connectivity index (χ1) is 10.1. The molecule has 0 aliphatic carbocycles. The summed E-state index contributed by atoms with van der Waals surface area (Å²) >= 11 is 11.9. The minimum Gasteiger partial charge on any atom is -0.370 e. The number of nitrogens with zero attached hydrogens (tertiary/aromatic N) is 1. The Labute approximate surface area is 133 Å². The first-order valence-corrected chi connectivity index (χ1v) is 7.29. The zero-order valence-corrected chi connectivity index (χ0v) is 13.0. The molecule has 0 saturated heterocycles. The number of benzene rings is 1. The highest BCUT2D eigenvalue weighted by molar-refractivity contribution is 6.33. The molecule has 1 aromatic carbocycles. The molecule has 1 amide bonds. The van der Waals surface area contributed by atoms with Crippen LogP contribution < -0.4 is 10.6 Å². The van der Waals surface area contributed by atoms with Gasteiger partial charge in [-0.1, -0.05) is 35.3 Å².